The van der Waals surface area contributed by atoms with Crippen molar-refractivity contribution in [2.45, 2.75) is 18.9 Å². The number of rotatable bonds is 4. The van der Waals surface area contributed by atoms with Crippen LogP contribution in [0.2, 0.25) is 0 Å². The van der Waals surface area contributed by atoms with Crippen molar-refractivity contribution in [2.75, 3.05) is 0 Å². The maximum atomic E-state index is 14.0. The van der Waals surface area contributed by atoms with E-state index in [4.69, 9.17) is 5.11 Å². The molecule has 3 rings (SSSR count). The second kappa shape index (κ2) is 4.88. The first-order valence-corrected chi connectivity index (χ1v) is 6.24. The van der Waals surface area contributed by atoms with Crippen molar-refractivity contribution in [3.63, 3.8) is 0 Å². The van der Waals surface area contributed by atoms with Gasteiger partial charge in [-0.3, -0.25) is 9.67 Å². The summed E-state index contributed by atoms with van der Waals surface area (Å²) < 4.78 is 15.8. The average Bonchev–Trinajstić information content (AvgIpc) is 3.15. The number of nitrogens with zero attached hydrogens (tertiary/aromatic N) is 3. The van der Waals surface area contributed by atoms with E-state index >= 15 is 0 Å². The highest BCUT2D eigenvalue weighted by Crippen LogP contribution is 2.36. The smallest absolute Gasteiger partial charge is 0.328 e. The third-order valence-electron chi connectivity index (χ3n) is 3.15. The van der Waals surface area contributed by atoms with E-state index in [1.54, 1.807) is 12.4 Å². The van der Waals surface area contributed by atoms with Gasteiger partial charge in [-0.1, -0.05) is 0 Å². The summed E-state index contributed by atoms with van der Waals surface area (Å²) in [7, 11) is 0. The molecular formula is C14H12FN3O2. The molecule has 0 saturated heterocycles. The fourth-order valence-electron chi connectivity index (χ4n) is 2.05. The minimum absolute atomic E-state index is 0.324. The quantitative estimate of drug-likeness (QED) is 0.869. The topological polar surface area (TPSA) is 68.0 Å². The maximum Gasteiger partial charge on any atom is 0.328 e. The molecular weight excluding hydrogens is 261 g/mol. The molecule has 0 radical (unpaired) electrons. The molecule has 0 aliphatic heterocycles. The van der Waals surface area contributed by atoms with Gasteiger partial charge in [0.1, 0.15) is 5.82 Å². The lowest BCUT2D eigenvalue weighted by Crippen LogP contribution is -1.93. The Morgan fingerprint density at radius 3 is 2.90 bits per heavy atom. The van der Waals surface area contributed by atoms with Crippen LogP contribution in [0.15, 0.2) is 30.9 Å². The fourth-order valence-corrected chi connectivity index (χ4v) is 2.05. The molecule has 1 saturated carbocycles. The van der Waals surface area contributed by atoms with Gasteiger partial charge in [0.05, 0.1) is 18.4 Å². The predicted molar refractivity (Wildman–Crippen MR) is 70.4 cm³/mol. The molecule has 0 aromatic carbocycles. The molecule has 6 heteroatoms. The minimum Gasteiger partial charge on any atom is -0.478 e. The van der Waals surface area contributed by atoms with Gasteiger partial charge in [0, 0.05) is 35.2 Å². The lowest BCUT2D eigenvalue weighted by Gasteiger charge is -2.04. The van der Waals surface area contributed by atoms with E-state index in [1.807, 2.05) is 4.68 Å². The van der Waals surface area contributed by atoms with E-state index in [0.717, 1.165) is 25.1 Å². The number of carboxylic acid groups (broad SMARTS) is 1. The lowest BCUT2D eigenvalue weighted by atomic mass is 10.0. The van der Waals surface area contributed by atoms with Gasteiger partial charge in [-0.25, -0.2) is 9.18 Å². The number of aliphatic carboxylic acids is 1. The van der Waals surface area contributed by atoms with Crippen LogP contribution in [-0.2, 0) is 4.79 Å². The third-order valence-corrected chi connectivity index (χ3v) is 3.15. The first-order valence-electron chi connectivity index (χ1n) is 6.24. The monoisotopic (exact) mass is 273 g/mol. The normalized spacial score (nSPS) is 14.8. The summed E-state index contributed by atoms with van der Waals surface area (Å²) in [4.78, 5) is 14.3. The first-order chi connectivity index (χ1) is 9.65. The minimum atomic E-state index is -1.09. The Balaban J connectivity index is 2.03. The van der Waals surface area contributed by atoms with Crippen LogP contribution in [0.5, 0.6) is 0 Å². The second-order valence-electron chi connectivity index (χ2n) is 4.70. The zero-order valence-corrected chi connectivity index (χ0v) is 10.5. The summed E-state index contributed by atoms with van der Waals surface area (Å²) in [5.74, 6) is -1.58. The van der Waals surface area contributed by atoms with Gasteiger partial charge in [-0.15, -0.1) is 0 Å². The molecule has 2 heterocycles. The zero-order chi connectivity index (χ0) is 14.1. The Bertz CT molecular complexity index is 689. The summed E-state index contributed by atoms with van der Waals surface area (Å²) in [5.41, 5.74) is 1.37. The molecule has 0 amide bonds. The summed E-state index contributed by atoms with van der Waals surface area (Å²) in [5, 5.41) is 12.9. The van der Waals surface area contributed by atoms with Gasteiger partial charge in [-0.05, 0) is 18.9 Å². The number of aromatic nitrogens is 3. The molecule has 0 bridgehead atoms. The van der Waals surface area contributed by atoms with Crippen molar-refractivity contribution >= 4 is 12.0 Å². The van der Waals surface area contributed by atoms with E-state index in [2.05, 4.69) is 10.1 Å². The Kier molecular flexibility index (Phi) is 3.06. The van der Waals surface area contributed by atoms with Crippen LogP contribution in [0.25, 0.3) is 17.2 Å². The van der Waals surface area contributed by atoms with Gasteiger partial charge >= 0.3 is 5.97 Å². The number of halogens is 1. The lowest BCUT2D eigenvalue weighted by molar-refractivity contribution is -0.131. The van der Waals surface area contributed by atoms with Gasteiger partial charge < -0.3 is 5.11 Å². The number of hydrogen-bond donors (Lipinski definition) is 1. The standard InChI is InChI=1S/C14H12FN3O2/c15-12-7-16-5-9(1-4-13(19)20)14(12)10-6-17-18(8-10)11-2-3-11/h1,4-8,11H,2-3H2,(H,19,20)/b4-1+. The highest BCUT2D eigenvalue weighted by Gasteiger charge is 2.25. The molecule has 1 aliphatic carbocycles. The highest BCUT2D eigenvalue weighted by molar-refractivity contribution is 5.87. The Hall–Kier alpha value is -2.50. The molecule has 0 spiro atoms. The van der Waals surface area contributed by atoms with Crippen molar-refractivity contribution in [3.05, 3.63) is 42.2 Å². The van der Waals surface area contributed by atoms with Crippen LogP contribution in [-0.4, -0.2) is 25.8 Å². The van der Waals surface area contributed by atoms with Crippen molar-refractivity contribution < 1.29 is 14.3 Å². The summed E-state index contributed by atoms with van der Waals surface area (Å²) in [6.07, 6.45) is 10.4. The molecule has 1 N–H and O–H groups in total. The van der Waals surface area contributed by atoms with Gasteiger partial charge in [0.15, 0.2) is 0 Å². The highest BCUT2D eigenvalue weighted by atomic mass is 19.1. The summed E-state index contributed by atoms with van der Waals surface area (Å²) in [6.45, 7) is 0. The van der Waals surface area contributed by atoms with Crippen LogP contribution in [0.4, 0.5) is 4.39 Å². The molecule has 0 unspecified atom stereocenters. The summed E-state index contributed by atoms with van der Waals surface area (Å²) in [6, 6.07) is 0.409. The van der Waals surface area contributed by atoms with Crippen molar-refractivity contribution in [1.29, 1.82) is 0 Å². The molecule has 20 heavy (non-hydrogen) atoms. The van der Waals surface area contributed by atoms with Crippen molar-refractivity contribution in [1.82, 2.24) is 14.8 Å². The van der Waals surface area contributed by atoms with E-state index < -0.39 is 11.8 Å². The number of hydrogen-bond acceptors (Lipinski definition) is 3. The van der Waals surface area contributed by atoms with Crippen LogP contribution in [0.3, 0.4) is 0 Å². The SMILES string of the molecule is O=C(O)/C=C/c1cncc(F)c1-c1cnn(C2CC2)c1. The molecule has 1 fully saturated rings. The maximum absolute atomic E-state index is 14.0. The Morgan fingerprint density at radius 2 is 2.20 bits per heavy atom. The van der Waals surface area contributed by atoms with Crippen molar-refractivity contribution in [3.8, 4) is 11.1 Å². The second-order valence-corrected chi connectivity index (χ2v) is 4.70. The van der Waals surface area contributed by atoms with Crippen LogP contribution >= 0.6 is 0 Å². The Morgan fingerprint density at radius 1 is 1.40 bits per heavy atom. The number of pyridine rings is 1. The summed E-state index contributed by atoms with van der Waals surface area (Å²) >= 11 is 0. The number of carbonyl (C=O) groups is 1. The van der Waals surface area contributed by atoms with Crippen LogP contribution in [0.1, 0.15) is 24.4 Å². The molecule has 2 aromatic rings. The van der Waals surface area contributed by atoms with Gasteiger partial charge in [-0.2, -0.15) is 5.10 Å². The average molecular weight is 273 g/mol. The largest absolute Gasteiger partial charge is 0.478 e. The fraction of sp³-hybridized carbons (Fsp3) is 0.214. The molecule has 5 nitrogen and oxygen atoms in total. The van der Waals surface area contributed by atoms with E-state index in [1.165, 1.54) is 12.3 Å². The number of carboxylic acids is 1. The van der Waals surface area contributed by atoms with Crippen LogP contribution < -0.4 is 0 Å². The van der Waals surface area contributed by atoms with Crippen LogP contribution in [0, 0.1) is 5.82 Å². The first kappa shape index (κ1) is 12.5. The molecule has 1 aliphatic rings. The zero-order valence-electron chi connectivity index (χ0n) is 10.5. The molecule has 102 valence electrons. The van der Waals surface area contributed by atoms with Gasteiger partial charge in [0.25, 0.3) is 0 Å². The van der Waals surface area contributed by atoms with E-state index in [0.29, 0.717) is 22.7 Å². The van der Waals surface area contributed by atoms with E-state index in [9.17, 15) is 9.18 Å². The third kappa shape index (κ3) is 2.45. The Labute approximate surface area is 114 Å². The molecule has 2 aromatic heterocycles. The van der Waals surface area contributed by atoms with Crippen molar-refractivity contribution in [2.24, 2.45) is 0 Å². The predicted octanol–water partition coefficient (Wildman–Crippen LogP) is 2.52. The molecule has 0 atom stereocenters. The van der Waals surface area contributed by atoms with E-state index in [-0.39, 0.29) is 0 Å². The van der Waals surface area contributed by atoms with Gasteiger partial charge in [0.2, 0.25) is 0 Å².